The van der Waals surface area contributed by atoms with Crippen molar-refractivity contribution in [1.29, 1.82) is 5.26 Å². The summed E-state index contributed by atoms with van der Waals surface area (Å²) in [6, 6.07) is 9.20. The number of methoxy groups -OCH3 is 1. The third-order valence-corrected chi connectivity index (χ3v) is 5.24. The van der Waals surface area contributed by atoms with Crippen LogP contribution in [0.1, 0.15) is 49.0 Å². The summed E-state index contributed by atoms with van der Waals surface area (Å²) in [6.07, 6.45) is 10.7. The van der Waals surface area contributed by atoms with E-state index in [-0.39, 0.29) is 12.0 Å². The Bertz CT molecular complexity index is 953. The van der Waals surface area contributed by atoms with Crippen molar-refractivity contribution in [2.24, 2.45) is 4.99 Å². The van der Waals surface area contributed by atoms with Gasteiger partial charge in [0.2, 0.25) is 0 Å². The molecule has 2 unspecified atom stereocenters. The number of aliphatic imine (C=N–C) groups is 1. The molecule has 2 aromatic rings. The molecule has 2 atom stereocenters. The van der Waals surface area contributed by atoms with Crippen LogP contribution in [0.4, 0.5) is 0 Å². The molecular formula is C23H27N5O2. The van der Waals surface area contributed by atoms with Crippen molar-refractivity contribution in [3.8, 4) is 6.07 Å². The molecule has 1 heterocycles. The monoisotopic (exact) mass is 405 g/mol. The number of nitriles is 1. The molecule has 1 aliphatic carbocycles. The molecule has 0 spiro atoms. The van der Waals surface area contributed by atoms with Crippen molar-refractivity contribution < 1.29 is 9.53 Å². The van der Waals surface area contributed by atoms with Crippen LogP contribution in [0.3, 0.4) is 0 Å². The highest BCUT2D eigenvalue weighted by molar-refractivity contribution is 5.97. The molecule has 7 heteroatoms. The maximum absolute atomic E-state index is 12.2. The molecule has 0 radical (unpaired) electrons. The van der Waals surface area contributed by atoms with Gasteiger partial charge in [0.05, 0.1) is 36.8 Å². The van der Waals surface area contributed by atoms with Gasteiger partial charge in [0, 0.05) is 25.0 Å². The van der Waals surface area contributed by atoms with Crippen LogP contribution in [-0.4, -0.2) is 40.9 Å². The second-order valence-electron chi connectivity index (χ2n) is 7.29. The number of nitrogens with zero attached hydrogens (tertiary/aromatic N) is 4. The second-order valence-corrected chi connectivity index (χ2v) is 7.29. The first-order chi connectivity index (χ1) is 14.6. The highest BCUT2D eigenvalue weighted by Gasteiger charge is 2.19. The number of hydrogen-bond acceptors (Lipinski definition) is 6. The molecule has 1 aromatic heterocycles. The van der Waals surface area contributed by atoms with E-state index in [1.54, 1.807) is 6.33 Å². The van der Waals surface area contributed by atoms with E-state index in [0.29, 0.717) is 18.7 Å². The number of imidazole rings is 1. The molecule has 7 nitrogen and oxygen atoms in total. The maximum atomic E-state index is 12.2. The quantitative estimate of drug-likeness (QED) is 0.681. The molecule has 0 saturated heterocycles. The van der Waals surface area contributed by atoms with Gasteiger partial charge in [-0.3, -0.25) is 4.99 Å². The molecule has 0 bridgehead atoms. The van der Waals surface area contributed by atoms with Gasteiger partial charge in [-0.25, -0.2) is 9.78 Å². The fourth-order valence-corrected chi connectivity index (χ4v) is 3.48. The molecule has 1 N–H and O–H groups in total. The maximum Gasteiger partial charge on any atom is 0.331 e. The lowest BCUT2D eigenvalue weighted by Gasteiger charge is -2.18. The Morgan fingerprint density at radius 3 is 2.87 bits per heavy atom. The van der Waals surface area contributed by atoms with Crippen LogP contribution in [0.5, 0.6) is 0 Å². The highest BCUT2D eigenvalue weighted by Crippen LogP contribution is 2.20. The van der Waals surface area contributed by atoms with Gasteiger partial charge < -0.3 is 14.6 Å². The smallest absolute Gasteiger partial charge is 0.331 e. The van der Waals surface area contributed by atoms with E-state index in [9.17, 15) is 4.79 Å². The molecule has 0 aliphatic heterocycles. The number of esters is 1. The second kappa shape index (κ2) is 10.5. The molecule has 3 rings (SSSR count). The van der Waals surface area contributed by atoms with Crippen molar-refractivity contribution in [3.63, 3.8) is 0 Å². The fraction of sp³-hybridized carbons (Fsp3) is 0.391. The van der Waals surface area contributed by atoms with Gasteiger partial charge in [0.1, 0.15) is 0 Å². The fourth-order valence-electron chi connectivity index (χ4n) is 3.48. The van der Waals surface area contributed by atoms with E-state index in [1.807, 2.05) is 36.5 Å². The number of benzene rings is 1. The van der Waals surface area contributed by atoms with E-state index in [4.69, 9.17) is 10.00 Å². The Hall–Kier alpha value is -3.24. The van der Waals surface area contributed by atoms with Crippen LogP contribution in [0.15, 0.2) is 53.9 Å². The Labute approximate surface area is 177 Å². The summed E-state index contributed by atoms with van der Waals surface area (Å²) in [6.45, 7) is 3.03. The Morgan fingerprint density at radius 1 is 1.40 bits per heavy atom. The number of carbonyl (C=O) groups is 1. The molecular weight excluding hydrogens is 378 g/mol. The summed E-state index contributed by atoms with van der Waals surface area (Å²) < 4.78 is 7.01. The van der Waals surface area contributed by atoms with Crippen LogP contribution in [-0.2, 0) is 16.1 Å². The van der Waals surface area contributed by atoms with E-state index in [0.717, 1.165) is 36.2 Å². The largest absolute Gasteiger partial charge is 0.467 e. The lowest BCUT2D eigenvalue weighted by molar-refractivity contribution is -0.141. The van der Waals surface area contributed by atoms with Gasteiger partial charge in [-0.05, 0) is 50.0 Å². The molecule has 30 heavy (non-hydrogen) atoms. The van der Waals surface area contributed by atoms with Crippen LogP contribution >= 0.6 is 0 Å². The standard InChI is InChI=1S/C23H27N5O2/c1-17(19-10-8-18(12-24)9-11-19)28-16-26-14-21(28)13-25-15-22(23(29)30-2)27-20-6-4-3-5-7-20/h4,6,8-11,14,16-17,22,25H,3,5,7,13,15H2,1-2H3. The average molecular weight is 406 g/mol. The minimum absolute atomic E-state index is 0.0704. The predicted octanol–water partition coefficient (Wildman–Crippen LogP) is 3.18. The van der Waals surface area contributed by atoms with E-state index < -0.39 is 6.04 Å². The normalized spacial score (nSPS) is 16.8. The van der Waals surface area contributed by atoms with Crippen molar-refractivity contribution in [3.05, 3.63) is 65.8 Å². The summed E-state index contributed by atoms with van der Waals surface area (Å²) in [5.74, 6) is -0.339. The third-order valence-electron chi connectivity index (χ3n) is 5.24. The van der Waals surface area contributed by atoms with Crippen LogP contribution in [0, 0.1) is 11.3 Å². The lowest BCUT2D eigenvalue weighted by Crippen LogP contribution is -2.34. The van der Waals surface area contributed by atoms with Crippen molar-refractivity contribution in [1.82, 2.24) is 14.9 Å². The third kappa shape index (κ3) is 5.43. The number of hydrogen-bond donors (Lipinski definition) is 1. The van der Waals surface area contributed by atoms with Crippen molar-refractivity contribution in [2.75, 3.05) is 13.7 Å². The molecule has 0 fully saturated rings. The summed E-state index contributed by atoms with van der Waals surface area (Å²) in [5, 5.41) is 12.3. The number of carbonyl (C=O) groups excluding carboxylic acids is 1. The predicted molar refractivity (Wildman–Crippen MR) is 115 cm³/mol. The molecule has 156 valence electrons. The first kappa shape index (κ1) is 21.5. The minimum Gasteiger partial charge on any atom is -0.467 e. The van der Waals surface area contributed by atoms with Gasteiger partial charge in [0.25, 0.3) is 0 Å². The van der Waals surface area contributed by atoms with Crippen molar-refractivity contribution in [2.45, 2.75) is 44.8 Å². The van der Waals surface area contributed by atoms with Gasteiger partial charge in [-0.15, -0.1) is 0 Å². The van der Waals surface area contributed by atoms with Crippen LogP contribution in [0.2, 0.25) is 0 Å². The molecule has 0 saturated carbocycles. The number of nitrogens with one attached hydrogen (secondary N) is 1. The summed E-state index contributed by atoms with van der Waals surface area (Å²) in [4.78, 5) is 21.0. The Morgan fingerprint density at radius 2 is 2.20 bits per heavy atom. The number of ether oxygens (including phenoxy) is 1. The summed E-state index contributed by atoms with van der Waals surface area (Å²) >= 11 is 0. The first-order valence-electron chi connectivity index (χ1n) is 10.1. The first-order valence-corrected chi connectivity index (χ1v) is 10.1. The Balaban J connectivity index is 1.64. The SMILES string of the molecule is COC(=O)C(CNCc1cncn1C(C)c1ccc(C#N)cc1)N=C1C=CCCC1. The zero-order valence-corrected chi connectivity index (χ0v) is 17.4. The van der Waals surface area contributed by atoms with Gasteiger partial charge in [-0.2, -0.15) is 5.26 Å². The van der Waals surface area contributed by atoms with Gasteiger partial charge in [0.15, 0.2) is 6.04 Å². The van der Waals surface area contributed by atoms with Gasteiger partial charge >= 0.3 is 5.97 Å². The number of allylic oxidation sites excluding steroid dienone is 2. The van der Waals surface area contributed by atoms with Crippen molar-refractivity contribution >= 4 is 11.7 Å². The topological polar surface area (TPSA) is 92.3 Å². The minimum atomic E-state index is -0.569. The van der Waals surface area contributed by atoms with Gasteiger partial charge in [-0.1, -0.05) is 18.2 Å². The van der Waals surface area contributed by atoms with E-state index in [1.165, 1.54) is 7.11 Å². The molecule has 0 amide bonds. The zero-order valence-electron chi connectivity index (χ0n) is 17.4. The average Bonchev–Trinajstić information content (AvgIpc) is 3.26. The van der Waals surface area contributed by atoms with E-state index in [2.05, 4.69) is 38.9 Å². The number of rotatable bonds is 8. The Kier molecular flexibility index (Phi) is 7.52. The van der Waals surface area contributed by atoms with E-state index >= 15 is 0 Å². The summed E-state index contributed by atoms with van der Waals surface area (Å²) in [7, 11) is 1.39. The molecule has 1 aliphatic rings. The van der Waals surface area contributed by atoms with Crippen LogP contribution < -0.4 is 5.32 Å². The summed E-state index contributed by atoms with van der Waals surface area (Å²) in [5.41, 5.74) is 3.68. The zero-order chi connectivity index (χ0) is 21.3. The lowest BCUT2D eigenvalue weighted by atomic mass is 10.1. The van der Waals surface area contributed by atoms with Crippen LogP contribution in [0.25, 0.3) is 0 Å². The molecule has 1 aromatic carbocycles. The highest BCUT2D eigenvalue weighted by atomic mass is 16.5. The number of aromatic nitrogens is 2.